The molecule has 1 atom stereocenters. The van der Waals surface area contributed by atoms with E-state index in [0.29, 0.717) is 0 Å². The second kappa shape index (κ2) is 4.49. The monoisotopic (exact) mass is 228 g/mol. The van der Waals surface area contributed by atoms with Crippen molar-refractivity contribution in [1.29, 1.82) is 0 Å². The van der Waals surface area contributed by atoms with Gasteiger partial charge in [-0.25, -0.2) is 9.80 Å². The number of rotatable bonds is 3. The molecule has 0 aromatic heterocycles. The van der Waals surface area contributed by atoms with E-state index >= 15 is 0 Å². The number of aliphatic hydroxyl groups excluding tert-OH is 1. The highest BCUT2D eigenvalue weighted by Gasteiger charge is 2.47. The van der Waals surface area contributed by atoms with Crippen molar-refractivity contribution in [2.45, 2.75) is 19.1 Å². The molecule has 8 heteroatoms. The molecule has 0 aliphatic rings. The first kappa shape index (κ1) is 13.7. The van der Waals surface area contributed by atoms with Crippen LogP contribution in [0.15, 0.2) is 11.3 Å². The van der Waals surface area contributed by atoms with Crippen molar-refractivity contribution in [3.63, 3.8) is 0 Å². The molecule has 0 radical (unpaired) electrons. The SMILES string of the molecule is C/C(O)=C(/C(=O)O)C(N(C)N)C(F)(F)F. The number of halogens is 3. The Labute approximate surface area is 83.6 Å². The lowest BCUT2D eigenvalue weighted by molar-refractivity contribution is -0.175. The molecule has 1 unspecified atom stereocenters. The molecule has 0 spiro atoms. The van der Waals surface area contributed by atoms with Gasteiger partial charge in [-0.2, -0.15) is 13.2 Å². The molecule has 0 fully saturated rings. The molecule has 0 aliphatic heterocycles. The second-order valence-corrected chi connectivity index (χ2v) is 2.91. The number of hydrazine groups is 1. The highest BCUT2D eigenvalue weighted by molar-refractivity contribution is 5.88. The van der Waals surface area contributed by atoms with Crippen molar-refractivity contribution < 1.29 is 28.2 Å². The lowest BCUT2D eigenvalue weighted by Crippen LogP contribution is -2.50. The van der Waals surface area contributed by atoms with Crippen LogP contribution >= 0.6 is 0 Å². The number of hydrogen-bond acceptors (Lipinski definition) is 4. The van der Waals surface area contributed by atoms with Gasteiger partial charge in [0.25, 0.3) is 0 Å². The summed E-state index contributed by atoms with van der Waals surface area (Å²) in [6.45, 7) is 0.853. The van der Waals surface area contributed by atoms with Crippen LogP contribution in [-0.4, -0.2) is 40.5 Å². The highest BCUT2D eigenvalue weighted by atomic mass is 19.4. The number of nitrogens with two attached hydrogens (primary N) is 1. The fourth-order valence-electron chi connectivity index (χ4n) is 1.07. The minimum Gasteiger partial charge on any atom is -0.512 e. The Kier molecular flexibility index (Phi) is 4.11. The zero-order valence-corrected chi connectivity index (χ0v) is 8.04. The fraction of sp³-hybridized carbons (Fsp3) is 0.571. The van der Waals surface area contributed by atoms with Gasteiger partial charge >= 0.3 is 12.1 Å². The van der Waals surface area contributed by atoms with Crippen LogP contribution in [0.4, 0.5) is 13.2 Å². The van der Waals surface area contributed by atoms with E-state index in [4.69, 9.17) is 16.1 Å². The van der Waals surface area contributed by atoms with Gasteiger partial charge in [0.05, 0.1) is 0 Å². The summed E-state index contributed by atoms with van der Waals surface area (Å²) in [5.74, 6) is 2.11. The van der Waals surface area contributed by atoms with E-state index < -0.39 is 29.5 Å². The normalized spacial score (nSPS) is 16.2. The average molecular weight is 228 g/mol. The van der Waals surface area contributed by atoms with Crippen LogP contribution in [0.5, 0.6) is 0 Å². The van der Waals surface area contributed by atoms with Gasteiger partial charge in [0.2, 0.25) is 0 Å². The molecule has 88 valence electrons. The Balaban J connectivity index is 5.44. The largest absolute Gasteiger partial charge is 0.512 e. The van der Waals surface area contributed by atoms with Gasteiger partial charge < -0.3 is 10.2 Å². The quantitative estimate of drug-likeness (QED) is 0.285. The van der Waals surface area contributed by atoms with Crippen molar-refractivity contribution in [1.82, 2.24) is 5.01 Å². The molecule has 0 heterocycles. The van der Waals surface area contributed by atoms with Gasteiger partial charge in [0.1, 0.15) is 11.3 Å². The minimum absolute atomic E-state index is 0.184. The molecule has 0 amide bonds. The van der Waals surface area contributed by atoms with Crippen molar-refractivity contribution >= 4 is 5.97 Å². The van der Waals surface area contributed by atoms with E-state index in [1.807, 2.05) is 0 Å². The predicted molar refractivity (Wildman–Crippen MR) is 44.8 cm³/mol. The van der Waals surface area contributed by atoms with Gasteiger partial charge in [0.15, 0.2) is 6.04 Å². The number of carbonyl (C=O) groups is 1. The van der Waals surface area contributed by atoms with Gasteiger partial charge in [-0.05, 0) is 6.92 Å². The first-order valence-electron chi connectivity index (χ1n) is 3.76. The average Bonchev–Trinajstić information content (AvgIpc) is 1.94. The van der Waals surface area contributed by atoms with E-state index in [1.165, 1.54) is 0 Å². The maximum Gasteiger partial charge on any atom is 0.409 e. The summed E-state index contributed by atoms with van der Waals surface area (Å²) < 4.78 is 37.2. The molecule has 0 saturated carbocycles. The number of aliphatic carboxylic acids is 1. The van der Waals surface area contributed by atoms with Crippen LogP contribution in [0.3, 0.4) is 0 Å². The summed E-state index contributed by atoms with van der Waals surface area (Å²) in [6, 6.07) is -2.54. The smallest absolute Gasteiger partial charge is 0.409 e. The van der Waals surface area contributed by atoms with Crippen molar-refractivity contribution in [3.05, 3.63) is 11.3 Å². The van der Waals surface area contributed by atoms with Crippen molar-refractivity contribution in [3.8, 4) is 0 Å². The third kappa shape index (κ3) is 3.40. The molecule has 4 N–H and O–H groups in total. The Hall–Kier alpha value is -1.28. The van der Waals surface area contributed by atoms with Crippen LogP contribution in [0.25, 0.3) is 0 Å². The molecule has 0 bridgehead atoms. The number of allylic oxidation sites excluding steroid dienone is 1. The number of hydrogen-bond donors (Lipinski definition) is 3. The maximum absolute atomic E-state index is 12.4. The van der Waals surface area contributed by atoms with E-state index in [-0.39, 0.29) is 5.01 Å². The fourth-order valence-corrected chi connectivity index (χ4v) is 1.07. The Morgan fingerprint density at radius 3 is 1.87 bits per heavy atom. The molecular formula is C7H11F3N2O3. The molecule has 0 saturated heterocycles. The van der Waals surface area contributed by atoms with E-state index in [1.54, 1.807) is 0 Å². The number of carboxylic acid groups (broad SMARTS) is 1. The van der Waals surface area contributed by atoms with Crippen LogP contribution in [0.1, 0.15) is 6.92 Å². The van der Waals surface area contributed by atoms with Crippen LogP contribution < -0.4 is 5.84 Å². The topological polar surface area (TPSA) is 86.8 Å². The molecular weight excluding hydrogens is 217 g/mol. The number of alkyl halides is 3. The molecule has 0 aromatic rings. The highest BCUT2D eigenvalue weighted by Crippen LogP contribution is 2.29. The van der Waals surface area contributed by atoms with Crippen LogP contribution in [0, 0.1) is 0 Å². The number of carboxylic acids is 1. The Bertz CT molecular complexity index is 282. The Morgan fingerprint density at radius 2 is 1.80 bits per heavy atom. The lowest BCUT2D eigenvalue weighted by atomic mass is 10.1. The summed E-state index contributed by atoms with van der Waals surface area (Å²) in [4.78, 5) is 10.5. The summed E-state index contributed by atoms with van der Waals surface area (Å²) in [7, 11) is 0.865. The predicted octanol–water partition coefficient (Wildman–Crippen LogP) is 0.639. The minimum atomic E-state index is -4.87. The van der Waals surface area contributed by atoms with E-state index in [0.717, 1.165) is 14.0 Å². The summed E-state index contributed by atoms with van der Waals surface area (Å²) in [5, 5.41) is 17.6. The summed E-state index contributed by atoms with van der Waals surface area (Å²) in [6.07, 6.45) is -4.87. The van der Waals surface area contributed by atoms with E-state index in [2.05, 4.69) is 0 Å². The molecule has 5 nitrogen and oxygen atoms in total. The van der Waals surface area contributed by atoms with Crippen LogP contribution in [0.2, 0.25) is 0 Å². The van der Waals surface area contributed by atoms with Gasteiger partial charge in [-0.3, -0.25) is 5.84 Å². The van der Waals surface area contributed by atoms with Crippen molar-refractivity contribution in [2.75, 3.05) is 7.05 Å². The number of aliphatic hydroxyl groups is 1. The second-order valence-electron chi connectivity index (χ2n) is 2.91. The third-order valence-corrected chi connectivity index (χ3v) is 1.61. The summed E-state index contributed by atoms with van der Waals surface area (Å²) in [5.41, 5.74) is -1.19. The zero-order chi connectivity index (χ0) is 12.4. The van der Waals surface area contributed by atoms with Gasteiger partial charge in [-0.15, -0.1) is 0 Å². The van der Waals surface area contributed by atoms with Crippen LogP contribution in [-0.2, 0) is 4.79 Å². The zero-order valence-electron chi connectivity index (χ0n) is 8.04. The molecule has 0 aliphatic carbocycles. The first-order valence-corrected chi connectivity index (χ1v) is 3.76. The standard InChI is InChI=1S/C7H11F3N2O3/c1-3(13)4(6(14)15)5(12(2)11)7(8,9)10/h5,13H,11H2,1-2H3,(H,14,15)/b4-3-. The first-order chi connectivity index (χ1) is 6.59. The van der Waals surface area contributed by atoms with Gasteiger partial charge in [-0.1, -0.05) is 0 Å². The molecule has 15 heavy (non-hydrogen) atoms. The van der Waals surface area contributed by atoms with Gasteiger partial charge in [0, 0.05) is 7.05 Å². The lowest BCUT2D eigenvalue weighted by Gasteiger charge is -2.26. The third-order valence-electron chi connectivity index (χ3n) is 1.61. The number of nitrogens with zero attached hydrogens (tertiary/aromatic N) is 1. The summed E-state index contributed by atoms with van der Waals surface area (Å²) >= 11 is 0. The molecule has 0 aromatic carbocycles. The van der Waals surface area contributed by atoms with Crippen molar-refractivity contribution in [2.24, 2.45) is 5.84 Å². The van der Waals surface area contributed by atoms with E-state index in [9.17, 15) is 18.0 Å². The number of likely N-dealkylation sites (N-methyl/N-ethyl adjacent to an activating group) is 1. The maximum atomic E-state index is 12.4. The molecule has 0 rings (SSSR count). The Morgan fingerprint density at radius 1 is 1.40 bits per heavy atom.